The number of carbonyl (C=O) groups excluding carboxylic acids is 1. The van der Waals surface area contributed by atoms with E-state index in [2.05, 4.69) is 5.32 Å². The van der Waals surface area contributed by atoms with Crippen LogP contribution in [0.4, 0.5) is 0 Å². The highest BCUT2D eigenvalue weighted by atomic mass is 16.3. The maximum absolute atomic E-state index is 11.1. The summed E-state index contributed by atoms with van der Waals surface area (Å²) in [5.41, 5.74) is 0. The van der Waals surface area contributed by atoms with Gasteiger partial charge >= 0.3 is 0 Å². The van der Waals surface area contributed by atoms with E-state index >= 15 is 0 Å². The molecule has 0 radical (unpaired) electrons. The zero-order valence-electron chi connectivity index (χ0n) is 8.25. The predicted molar refractivity (Wildman–Crippen MR) is 51.6 cm³/mol. The Morgan fingerprint density at radius 3 is 2.93 bits per heavy atom. The number of aliphatic hydroxyl groups excluding tert-OH is 1. The number of aryl methyl sites for hydroxylation is 1. The molecule has 0 saturated heterocycles. The molecular weight excluding hydrogens is 182 g/mol. The molecule has 4 nitrogen and oxygen atoms in total. The number of furan rings is 1. The molecule has 14 heavy (non-hydrogen) atoms. The van der Waals surface area contributed by atoms with Crippen molar-refractivity contribution < 1.29 is 14.3 Å². The summed E-state index contributed by atoms with van der Waals surface area (Å²) >= 11 is 0. The van der Waals surface area contributed by atoms with Gasteiger partial charge in [0.1, 0.15) is 11.5 Å². The monoisotopic (exact) mass is 197 g/mol. The molecule has 0 fully saturated rings. The van der Waals surface area contributed by atoms with E-state index in [4.69, 9.17) is 9.52 Å². The van der Waals surface area contributed by atoms with E-state index in [0.717, 1.165) is 11.5 Å². The summed E-state index contributed by atoms with van der Waals surface area (Å²) in [6.07, 6.45) is 0.860. The van der Waals surface area contributed by atoms with E-state index in [1.807, 2.05) is 19.1 Å². The number of amides is 1. The highest BCUT2D eigenvalue weighted by molar-refractivity contribution is 5.75. The average molecular weight is 197 g/mol. The lowest BCUT2D eigenvalue weighted by molar-refractivity contribution is -0.121. The lowest BCUT2D eigenvalue weighted by Gasteiger charge is -2.01. The molecule has 1 aromatic heterocycles. The molecule has 1 heterocycles. The Kier molecular flexibility index (Phi) is 4.19. The minimum Gasteiger partial charge on any atom is -0.465 e. The fourth-order valence-corrected chi connectivity index (χ4v) is 1.09. The zero-order valence-corrected chi connectivity index (χ0v) is 8.25. The van der Waals surface area contributed by atoms with Crippen LogP contribution in [0.25, 0.3) is 0 Å². The summed E-state index contributed by atoms with van der Waals surface area (Å²) in [6, 6.07) is 3.69. The summed E-state index contributed by atoms with van der Waals surface area (Å²) in [4.78, 5) is 11.1. The van der Waals surface area contributed by atoms with Crippen molar-refractivity contribution in [3.8, 4) is 0 Å². The number of aliphatic hydroxyl groups is 1. The van der Waals surface area contributed by atoms with Crippen molar-refractivity contribution >= 4 is 5.91 Å². The van der Waals surface area contributed by atoms with Gasteiger partial charge in [-0.3, -0.25) is 4.79 Å². The normalized spacial score (nSPS) is 10.1. The molecule has 0 bridgehead atoms. The van der Waals surface area contributed by atoms with E-state index in [1.54, 1.807) is 0 Å². The van der Waals surface area contributed by atoms with Crippen LogP contribution in [0.1, 0.15) is 24.4 Å². The molecule has 0 aliphatic carbocycles. The molecule has 0 atom stereocenters. The van der Waals surface area contributed by atoms with Crippen LogP contribution in [0.2, 0.25) is 0 Å². The van der Waals surface area contributed by atoms with Gasteiger partial charge in [0, 0.05) is 13.0 Å². The van der Waals surface area contributed by atoms with Crippen LogP contribution < -0.4 is 5.32 Å². The van der Waals surface area contributed by atoms with Crippen LogP contribution in [-0.2, 0) is 11.3 Å². The van der Waals surface area contributed by atoms with Crippen LogP contribution in [0.5, 0.6) is 0 Å². The predicted octanol–water partition coefficient (Wildman–Crippen LogP) is 0.977. The molecular formula is C10H15NO3. The highest BCUT2D eigenvalue weighted by Crippen LogP contribution is 2.05. The number of rotatable bonds is 5. The van der Waals surface area contributed by atoms with Gasteiger partial charge in [0.15, 0.2) is 0 Å². The van der Waals surface area contributed by atoms with Gasteiger partial charge in [-0.25, -0.2) is 0 Å². The second-order valence-corrected chi connectivity index (χ2v) is 3.12. The van der Waals surface area contributed by atoms with Crippen LogP contribution in [0.3, 0.4) is 0 Å². The Morgan fingerprint density at radius 1 is 1.57 bits per heavy atom. The molecule has 78 valence electrons. The van der Waals surface area contributed by atoms with Gasteiger partial charge in [-0.05, 0) is 25.5 Å². The maximum Gasteiger partial charge on any atom is 0.220 e. The standard InChI is InChI=1S/C10H15NO3/c1-8-4-5-9(14-8)7-11-10(13)3-2-6-12/h4-5,12H,2-3,6-7H2,1H3,(H,11,13). The molecule has 0 saturated carbocycles. The number of nitrogens with one attached hydrogen (secondary N) is 1. The SMILES string of the molecule is Cc1ccc(CNC(=O)CCCO)o1. The van der Waals surface area contributed by atoms with Crippen LogP contribution >= 0.6 is 0 Å². The summed E-state index contributed by atoms with van der Waals surface area (Å²) in [7, 11) is 0. The van der Waals surface area contributed by atoms with Crippen molar-refractivity contribution in [2.45, 2.75) is 26.3 Å². The topological polar surface area (TPSA) is 62.5 Å². The second-order valence-electron chi connectivity index (χ2n) is 3.12. The van der Waals surface area contributed by atoms with Crippen molar-refractivity contribution in [3.05, 3.63) is 23.7 Å². The van der Waals surface area contributed by atoms with Crippen molar-refractivity contribution in [2.75, 3.05) is 6.61 Å². The Bertz CT molecular complexity index is 293. The van der Waals surface area contributed by atoms with Gasteiger partial charge in [-0.1, -0.05) is 0 Å². The fraction of sp³-hybridized carbons (Fsp3) is 0.500. The molecule has 1 rings (SSSR count). The van der Waals surface area contributed by atoms with Crippen molar-refractivity contribution in [1.82, 2.24) is 5.32 Å². The first-order valence-electron chi connectivity index (χ1n) is 4.65. The maximum atomic E-state index is 11.1. The summed E-state index contributed by atoms with van der Waals surface area (Å²) in [5, 5.41) is 11.2. The van der Waals surface area contributed by atoms with Crippen LogP contribution in [-0.4, -0.2) is 17.6 Å². The van der Waals surface area contributed by atoms with Gasteiger partial charge in [0.05, 0.1) is 6.54 Å². The summed E-state index contributed by atoms with van der Waals surface area (Å²) in [6.45, 7) is 2.32. The smallest absolute Gasteiger partial charge is 0.220 e. The third-order valence-corrected chi connectivity index (χ3v) is 1.82. The molecule has 1 amide bonds. The fourth-order valence-electron chi connectivity index (χ4n) is 1.09. The molecule has 0 aliphatic heterocycles. The van der Waals surface area contributed by atoms with Crippen LogP contribution in [0.15, 0.2) is 16.5 Å². The number of hydrogen-bond donors (Lipinski definition) is 2. The largest absolute Gasteiger partial charge is 0.465 e. The van der Waals surface area contributed by atoms with E-state index < -0.39 is 0 Å². The third-order valence-electron chi connectivity index (χ3n) is 1.82. The van der Waals surface area contributed by atoms with E-state index in [-0.39, 0.29) is 12.5 Å². The molecule has 0 aromatic carbocycles. The van der Waals surface area contributed by atoms with Crippen LogP contribution in [0, 0.1) is 6.92 Å². The number of carbonyl (C=O) groups is 1. The summed E-state index contributed by atoms with van der Waals surface area (Å²) < 4.78 is 5.27. The molecule has 2 N–H and O–H groups in total. The first kappa shape index (κ1) is 10.8. The van der Waals surface area contributed by atoms with E-state index in [1.165, 1.54) is 0 Å². The highest BCUT2D eigenvalue weighted by Gasteiger charge is 2.02. The lowest BCUT2D eigenvalue weighted by atomic mass is 10.3. The van der Waals surface area contributed by atoms with E-state index in [0.29, 0.717) is 19.4 Å². The lowest BCUT2D eigenvalue weighted by Crippen LogP contribution is -2.22. The molecule has 1 aromatic rings. The first-order valence-corrected chi connectivity index (χ1v) is 4.65. The average Bonchev–Trinajstić information content (AvgIpc) is 2.58. The third kappa shape index (κ3) is 3.62. The Morgan fingerprint density at radius 2 is 2.36 bits per heavy atom. The molecule has 4 heteroatoms. The molecule has 0 unspecified atom stereocenters. The molecule has 0 spiro atoms. The van der Waals surface area contributed by atoms with Gasteiger partial charge in [0.25, 0.3) is 0 Å². The van der Waals surface area contributed by atoms with Crippen molar-refractivity contribution in [2.24, 2.45) is 0 Å². The van der Waals surface area contributed by atoms with Crippen molar-refractivity contribution in [3.63, 3.8) is 0 Å². The molecule has 0 aliphatic rings. The van der Waals surface area contributed by atoms with E-state index in [9.17, 15) is 4.79 Å². The zero-order chi connectivity index (χ0) is 10.4. The minimum absolute atomic E-state index is 0.0489. The first-order chi connectivity index (χ1) is 6.72. The van der Waals surface area contributed by atoms with Gasteiger partial charge in [-0.15, -0.1) is 0 Å². The van der Waals surface area contributed by atoms with Gasteiger partial charge in [0.2, 0.25) is 5.91 Å². The number of hydrogen-bond acceptors (Lipinski definition) is 3. The summed E-state index contributed by atoms with van der Waals surface area (Å²) in [5.74, 6) is 1.53. The minimum atomic E-state index is -0.0619. The van der Waals surface area contributed by atoms with Gasteiger partial charge < -0.3 is 14.8 Å². The quantitative estimate of drug-likeness (QED) is 0.739. The Labute approximate surface area is 82.9 Å². The second kappa shape index (κ2) is 5.44. The van der Waals surface area contributed by atoms with Crippen molar-refractivity contribution in [1.29, 1.82) is 0 Å². The van der Waals surface area contributed by atoms with Gasteiger partial charge in [-0.2, -0.15) is 0 Å². The Balaban J connectivity index is 2.23. The Hall–Kier alpha value is -1.29.